The molecule has 4 rings (SSSR count). The normalized spacial score (nSPS) is 30.7. The number of fused-ring (bicyclic) bond motifs is 2. The van der Waals surface area contributed by atoms with E-state index in [1.54, 1.807) is 0 Å². The van der Waals surface area contributed by atoms with Crippen LogP contribution in [0.1, 0.15) is 142 Å². The number of carbonyl (C=O) groups excluding carboxylic acids is 2. The highest BCUT2D eigenvalue weighted by Crippen LogP contribution is 2.43. The van der Waals surface area contributed by atoms with E-state index in [-0.39, 0.29) is 60.8 Å². The standard InChI is InChI=1S/C53H98N2O8Si3/c1-17-46(62-65(21-5,22-6)23-7)42(14)51-48(58-51)36-53(15,63-66(24-8,25-9)26-10)33-27-28-40(12)50-41(13)30-32-47(59-52(57)55-38-43-34-44(55)37-54(43)16)39(11)29-31-45(35-49(56)60-50)61-64(18-2,19-3)20-4/h27-28,30,32-33,39,41-48,50-51H,17-26,29,31,34-38H2,1-16H3/b32-30+,33-27+,40-28+/t39?,41?,42?,43-,44-,45?,46?,47?,48?,50?,51?,53?/m0/s1. The van der Waals surface area contributed by atoms with E-state index in [1.165, 1.54) is 0 Å². The third-order valence-electron chi connectivity index (χ3n) is 17.3. The van der Waals surface area contributed by atoms with Crippen molar-refractivity contribution in [1.82, 2.24) is 9.80 Å². The van der Waals surface area contributed by atoms with Crippen LogP contribution in [0.3, 0.4) is 0 Å². The summed E-state index contributed by atoms with van der Waals surface area (Å²) >= 11 is 0. The van der Waals surface area contributed by atoms with Crippen LogP contribution in [0.25, 0.3) is 0 Å². The fourth-order valence-corrected chi connectivity index (χ4v) is 20.6. The van der Waals surface area contributed by atoms with Crippen LogP contribution in [-0.2, 0) is 32.3 Å². The lowest BCUT2D eigenvalue weighted by Gasteiger charge is -2.39. The second-order valence-electron chi connectivity index (χ2n) is 21.3. The number of carbonyl (C=O) groups is 2. The second-order valence-corrected chi connectivity index (χ2v) is 35.5. The van der Waals surface area contributed by atoms with Crippen molar-refractivity contribution in [2.24, 2.45) is 17.8 Å². The number of nitrogens with zero attached hydrogens (tertiary/aromatic N) is 2. The van der Waals surface area contributed by atoms with Crippen molar-refractivity contribution in [1.29, 1.82) is 0 Å². The maximum Gasteiger partial charge on any atom is 0.410 e. The fourth-order valence-electron chi connectivity index (χ4n) is 11.5. The first-order valence-corrected chi connectivity index (χ1v) is 34.5. The lowest BCUT2D eigenvalue weighted by molar-refractivity contribution is -0.150. The molecule has 0 aromatic carbocycles. The number of likely N-dealkylation sites (tertiary alicyclic amines) is 2. The van der Waals surface area contributed by atoms with E-state index < -0.39 is 42.8 Å². The summed E-state index contributed by atoms with van der Waals surface area (Å²) < 4.78 is 41.0. The number of likely N-dealkylation sites (N-methyl/N-ethyl adjacent to an activating group) is 1. The molecular weight excluding hydrogens is 877 g/mol. The number of piperazine rings is 1. The van der Waals surface area contributed by atoms with Crippen LogP contribution in [0.4, 0.5) is 4.79 Å². The number of rotatable bonds is 24. The Morgan fingerprint density at radius 3 is 2.00 bits per heavy atom. The van der Waals surface area contributed by atoms with E-state index in [0.717, 1.165) is 92.2 Å². The molecule has 4 heterocycles. The first-order chi connectivity index (χ1) is 31.3. The van der Waals surface area contributed by atoms with Gasteiger partial charge in [0.25, 0.3) is 0 Å². The number of epoxide rings is 1. The number of hydrogen-bond acceptors (Lipinski definition) is 9. The molecule has 1 amide bonds. The van der Waals surface area contributed by atoms with Crippen molar-refractivity contribution >= 4 is 37.0 Å². The molecule has 66 heavy (non-hydrogen) atoms. The number of esters is 1. The molecular formula is C53H98N2O8Si3. The summed E-state index contributed by atoms with van der Waals surface area (Å²) in [6.45, 7) is 35.3. The summed E-state index contributed by atoms with van der Waals surface area (Å²) in [5.74, 6) is -0.0541. The molecule has 380 valence electrons. The Labute approximate surface area is 407 Å². The van der Waals surface area contributed by atoms with E-state index in [2.05, 4.69) is 146 Å². The van der Waals surface area contributed by atoms with Crippen molar-refractivity contribution < 1.29 is 37.1 Å². The highest BCUT2D eigenvalue weighted by atomic mass is 28.4. The molecule has 0 aromatic rings. The summed E-state index contributed by atoms with van der Waals surface area (Å²) in [5.41, 5.74) is 0.413. The minimum atomic E-state index is -2.04. The van der Waals surface area contributed by atoms with Crippen LogP contribution in [0.5, 0.6) is 0 Å². The van der Waals surface area contributed by atoms with Crippen LogP contribution in [0.15, 0.2) is 36.0 Å². The number of amides is 1. The molecule has 4 aliphatic heterocycles. The molecule has 0 aliphatic carbocycles. The largest absolute Gasteiger partial charge is 0.457 e. The Bertz CT molecular complexity index is 1590. The monoisotopic (exact) mass is 975 g/mol. The van der Waals surface area contributed by atoms with E-state index in [9.17, 15) is 9.59 Å². The van der Waals surface area contributed by atoms with Crippen molar-refractivity contribution in [2.45, 2.75) is 251 Å². The summed E-state index contributed by atoms with van der Waals surface area (Å²) in [6, 6.07) is 10.2. The first-order valence-electron chi connectivity index (χ1n) is 26.9. The maximum absolute atomic E-state index is 14.1. The molecule has 3 saturated heterocycles. The molecule has 3 fully saturated rings. The predicted molar refractivity (Wildman–Crippen MR) is 279 cm³/mol. The fraction of sp³-hybridized carbons (Fsp3) is 0.849. The van der Waals surface area contributed by atoms with Crippen molar-refractivity contribution in [3.8, 4) is 0 Å². The summed E-state index contributed by atoms with van der Waals surface area (Å²) in [7, 11) is -3.68. The zero-order valence-corrected chi connectivity index (χ0v) is 47.9. The van der Waals surface area contributed by atoms with Gasteiger partial charge in [-0.2, -0.15) is 0 Å². The van der Waals surface area contributed by atoms with Gasteiger partial charge in [-0.15, -0.1) is 0 Å². The van der Waals surface area contributed by atoms with Crippen molar-refractivity contribution in [3.63, 3.8) is 0 Å². The maximum atomic E-state index is 14.1. The van der Waals surface area contributed by atoms with E-state index >= 15 is 0 Å². The van der Waals surface area contributed by atoms with Gasteiger partial charge in [0.2, 0.25) is 0 Å². The minimum Gasteiger partial charge on any atom is -0.457 e. The topological polar surface area (TPSA) is 99.3 Å². The van der Waals surface area contributed by atoms with Crippen molar-refractivity contribution in [2.75, 3.05) is 20.1 Å². The van der Waals surface area contributed by atoms with Gasteiger partial charge in [0.1, 0.15) is 12.2 Å². The quantitative estimate of drug-likeness (QED) is 0.0308. The molecule has 4 aliphatic rings. The van der Waals surface area contributed by atoms with Gasteiger partial charge in [0.15, 0.2) is 25.0 Å². The van der Waals surface area contributed by atoms with Gasteiger partial charge in [0, 0.05) is 49.5 Å². The zero-order valence-electron chi connectivity index (χ0n) is 44.9. The van der Waals surface area contributed by atoms with Crippen LogP contribution in [0.2, 0.25) is 54.4 Å². The van der Waals surface area contributed by atoms with Crippen molar-refractivity contribution in [3.05, 3.63) is 36.0 Å². The van der Waals surface area contributed by atoms with Gasteiger partial charge >= 0.3 is 12.1 Å². The predicted octanol–water partition coefficient (Wildman–Crippen LogP) is 13.1. The van der Waals surface area contributed by atoms with Crippen LogP contribution in [0, 0.1) is 17.8 Å². The Morgan fingerprint density at radius 2 is 1.47 bits per heavy atom. The second kappa shape index (κ2) is 25.5. The highest BCUT2D eigenvalue weighted by Gasteiger charge is 2.51. The summed E-state index contributed by atoms with van der Waals surface area (Å²) in [5, 5.41) is 0. The smallest absolute Gasteiger partial charge is 0.410 e. The molecule has 10 unspecified atom stereocenters. The minimum absolute atomic E-state index is 0.0425. The molecule has 0 saturated carbocycles. The summed E-state index contributed by atoms with van der Waals surface area (Å²) in [4.78, 5) is 32.2. The molecule has 0 radical (unpaired) electrons. The molecule has 13 heteroatoms. The highest BCUT2D eigenvalue weighted by molar-refractivity contribution is 6.74. The lowest BCUT2D eigenvalue weighted by Crippen LogP contribution is -2.48. The zero-order chi connectivity index (χ0) is 49.0. The molecule has 2 bridgehead atoms. The third kappa shape index (κ3) is 14.5. The summed E-state index contributed by atoms with van der Waals surface area (Å²) in [6.07, 6.45) is 14.1. The van der Waals surface area contributed by atoms with E-state index in [1.807, 2.05) is 4.90 Å². The Morgan fingerprint density at radius 1 is 0.864 bits per heavy atom. The molecule has 0 spiro atoms. The molecule has 10 nitrogen and oxygen atoms in total. The Balaban J connectivity index is 1.63. The average molecular weight is 976 g/mol. The van der Waals surface area contributed by atoms with Crippen LogP contribution in [-0.4, -0.2) is 121 Å². The van der Waals surface area contributed by atoms with Gasteiger partial charge in [0.05, 0.1) is 30.3 Å². The molecule has 12 atom stereocenters. The van der Waals surface area contributed by atoms with Gasteiger partial charge < -0.3 is 32.4 Å². The Kier molecular flexibility index (Phi) is 22.0. The lowest BCUT2D eigenvalue weighted by atomic mass is 9.91. The number of ether oxygens (including phenoxy) is 3. The van der Waals surface area contributed by atoms with Gasteiger partial charge in [-0.3, -0.25) is 9.69 Å². The average Bonchev–Trinajstić information content (AvgIpc) is 3.79. The van der Waals surface area contributed by atoms with Gasteiger partial charge in [-0.25, -0.2) is 4.79 Å². The molecule has 0 aromatic heterocycles. The SMILES string of the molecule is CCC(O[Si](CC)(CC)CC)C(C)C1OC1CC(C)(/C=C/C=C(\C)C1OC(=O)CC(O[Si](CC)(CC)CC)CCC(C)C(OC(=O)N2C[C@@H]3C[C@H]2CN3C)/C=C/C1C)O[Si](CC)(CC)CC. The van der Waals surface area contributed by atoms with Crippen LogP contribution >= 0.6 is 0 Å². The van der Waals surface area contributed by atoms with Crippen LogP contribution < -0.4 is 0 Å². The van der Waals surface area contributed by atoms with E-state index in [4.69, 9.17) is 27.5 Å². The van der Waals surface area contributed by atoms with Gasteiger partial charge in [-0.05, 0) is 119 Å². The number of cyclic esters (lactones) is 1. The third-order valence-corrected chi connectivity index (χ3v) is 31.4. The molecule has 0 N–H and O–H groups in total. The number of hydrogen-bond donors (Lipinski definition) is 0. The van der Waals surface area contributed by atoms with E-state index in [0.29, 0.717) is 24.9 Å². The Hall–Kier alpha value is -1.59. The number of allylic oxidation sites excluding steroid dienone is 2. The first kappa shape index (κ1) is 57.0. The van der Waals surface area contributed by atoms with Gasteiger partial charge in [-0.1, -0.05) is 114 Å².